The van der Waals surface area contributed by atoms with Gasteiger partial charge in [0.25, 0.3) is 0 Å². The fourth-order valence-corrected chi connectivity index (χ4v) is 8.34. The number of nitrogens with one attached hydrogen (secondary N) is 1. The van der Waals surface area contributed by atoms with Crippen LogP contribution in [0, 0.1) is 40.4 Å². The van der Waals surface area contributed by atoms with Gasteiger partial charge in [0, 0.05) is 12.0 Å². The number of carbonyl (C=O) groups excluding carboxylic acids is 1. The minimum Gasteiger partial charge on any atom is -0.480 e. The Hall–Kier alpha value is -0.900. The van der Waals surface area contributed by atoms with Gasteiger partial charge in [-0.05, 0) is 99.2 Å². The van der Waals surface area contributed by atoms with Crippen molar-refractivity contribution in [3.63, 3.8) is 0 Å². The number of aliphatic carboxylic acids is 1. The molecule has 0 aromatic carbocycles. The summed E-state index contributed by atoms with van der Waals surface area (Å²) in [5.41, 5.74) is 0.663. The first-order valence-electron chi connectivity index (χ1n) is 11.2. The lowest BCUT2D eigenvalue weighted by molar-refractivity contribution is -0.136. The molecule has 4 rings (SSSR count). The highest BCUT2D eigenvalue weighted by molar-refractivity contribution is 5.79. The lowest BCUT2D eigenvalue weighted by Gasteiger charge is -2.61. The molecule has 4 heteroatoms. The summed E-state index contributed by atoms with van der Waals surface area (Å²) in [6.45, 7) is 6.87. The van der Waals surface area contributed by atoms with Crippen LogP contribution in [-0.4, -0.2) is 29.4 Å². The molecule has 2 N–H and O–H groups in total. The molecule has 4 saturated carbocycles. The van der Waals surface area contributed by atoms with Crippen LogP contribution in [-0.2, 0) is 9.59 Å². The molecule has 8 atom stereocenters. The Morgan fingerprint density at radius 2 is 1.67 bits per heavy atom. The second-order valence-electron chi connectivity index (χ2n) is 10.7. The molecule has 4 nitrogen and oxygen atoms in total. The van der Waals surface area contributed by atoms with E-state index >= 15 is 0 Å². The van der Waals surface area contributed by atoms with E-state index in [9.17, 15) is 9.59 Å². The first-order valence-corrected chi connectivity index (χ1v) is 11.2. The minimum absolute atomic E-state index is 0.0903. The summed E-state index contributed by atoms with van der Waals surface area (Å²) in [5, 5.41) is 12.2. The predicted octanol–water partition coefficient (Wildman–Crippen LogP) is 4.28. The van der Waals surface area contributed by atoms with Gasteiger partial charge >= 0.3 is 5.97 Å². The smallest absolute Gasteiger partial charge is 0.317 e. The van der Waals surface area contributed by atoms with Crippen molar-refractivity contribution in [3.05, 3.63) is 0 Å². The van der Waals surface area contributed by atoms with Gasteiger partial charge in [0.1, 0.15) is 5.78 Å². The van der Waals surface area contributed by atoms with Crippen molar-refractivity contribution in [2.45, 2.75) is 84.6 Å². The first kappa shape index (κ1) is 19.4. The van der Waals surface area contributed by atoms with Crippen LogP contribution >= 0.6 is 0 Å². The van der Waals surface area contributed by atoms with Crippen LogP contribution < -0.4 is 5.32 Å². The lowest BCUT2D eigenvalue weighted by Crippen LogP contribution is -2.55. The Bertz CT molecular complexity index is 619. The number of carboxylic acid groups (broad SMARTS) is 1. The van der Waals surface area contributed by atoms with Crippen molar-refractivity contribution in [2.75, 3.05) is 6.54 Å². The number of hydrogen-bond donors (Lipinski definition) is 2. The molecule has 0 aromatic heterocycles. The van der Waals surface area contributed by atoms with Crippen LogP contribution in [0.5, 0.6) is 0 Å². The highest BCUT2D eigenvalue weighted by Crippen LogP contribution is 2.67. The van der Waals surface area contributed by atoms with Gasteiger partial charge in [-0.3, -0.25) is 9.59 Å². The number of hydrogen-bond acceptors (Lipinski definition) is 3. The fourth-order valence-electron chi connectivity index (χ4n) is 8.34. The predicted molar refractivity (Wildman–Crippen MR) is 105 cm³/mol. The molecule has 4 fully saturated rings. The van der Waals surface area contributed by atoms with E-state index in [0.29, 0.717) is 23.2 Å². The topological polar surface area (TPSA) is 66.4 Å². The van der Waals surface area contributed by atoms with Gasteiger partial charge < -0.3 is 10.4 Å². The molecule has 0 heterocycles. The van der Waals surface area contributed by atoms with E-state index in [1.165, 1.54) is 38.5 Å². The molecule has 3 unspecified atom stereocenters. The molecule has 4 aliphatic carbocycles. The highest BCUT2D eigenvalue weighted by Gasteiger charge is 2.60. The summed E-state index contributed by atoms with van der Waals surface area (Å²) in [5.74, 6) is 3.05. The zero-order chi connectivity index (χ0) is 19.4. The van der Waals surface area contributed by atoms with E-state index in [2.05, 4.69) is 19.2 Å². The maximum Gasteiger partial charge on any atom is 0.317 e. The van der Waals surface area contributed by atoms with E-state index < -0.39 is 5.97 Å². The number of Topliss-reactive ketones (excluding diaryl/α,β-unsaturated/α-hetero) is 1. The molecule has 0 aliphatic heterocycles. The zero-order valence-corrected chi connectivity index (χ0v) is 17.3. The summed E-state index contributed by atoms with van der Waals surface area (Å²) < 4.78 is 0. The molecule has 0 aromatic rings. The molecule has 0 amide bonds. The van der Waals surface area contributed by atoms with Crippen molar-refractivity contribution in [1.82, 2.24) is 5.32 Å². The number of ketones is 1. The number of rotatable bonds is 4. The molecule has 0 radical (unpaired) electrons. The monoisotopic (exact) mass is 375 g/mol. The summed E-state index contributed by atoms with van der Waals surface area (Å²) in [6.07, 6.45) is 11.0. The quantitative estimate of drug-likeness (QED) is 0.770. The summed E-state index contributed by atoms with van der Waals surface area (Å²) in [4.78, 5) is 23.2. The van der Waals surface area contributed by atoms with Gasteiger partial charge in [0.2, 0.25) is 0 Å². The summed E-state index contributed by atoms with van der Waals surface area (Å²) in [6, 6.07) is 0.373. The molecule has 152 valence electrons. The number of carbonyl (C=O) groups is 2. The van der Waals surface area contributed by atoms with E-state index in [4.69, 9.17) is 5.11 Å². The third-order valence-electron chi connectivity index (χ3n) is 9.70. The van der Waals surface area contributed by atoms with E-state index in [-0.39, 0.29) is 12.0 Å². The SMILES string of the molecule is CC(=O)[C@H]1CCC2C3CC[C@@H]4C[C@H](NCC(=O)O)CC[C@]4(C)C3CC[C@@]21C. The second kappa shape index (κ2) is 6.86. The van der Waals surface area contributed by atoms with Crippen molar-refractivity contribution in [3.8, 4) is 0 Å². The molecule has 0 saturated heterocycles. The Morgan fingerprint density at radius 3 is 2.37 bits per heavy atom. The number of fused-ring (bicyclic) bond motifs is 5. The van der Waals surface area contributed by atoms with Gasteiger partial charge in [-0.15, -0.1) is 0 Å². The van der Waals surface area contributed by atoms with E-state index in [0.717, 1.165) is 42.9 Å². The Balaban J connectivity index is 1.49. The second-order valence-corrected chi connectivity index (χ2v) is 10.7. The molecular formula is C23H37NO3. The standard InChI is InChI=1S/C23H37NO3/c1-14(25)18-6-7-19-17-5-4-15-12-16(24-13-21(26)27)8-10-22(15,2)20(17)9-11-23(18,19)3/h15-20,24H,4-13H2,1-3H3,(H,26,27)/t15-,16-,17?,18-,19?,20?,22+,23-/m1/s1. The third-order valence-corrected chi connectivity index (χ3v) is 9.70. The molecule has 27 heavy (non-hydrogen) atoms. The van der Waals surface area contributed by atoms with Crippen LogP contribution in [0.25, 0.3) is 0 Å². The van der Waals surface area contributed by atoms with Crippen LogP contribution in [0.2, 0.25) is 0 Å². The largest absolute Gasteiger partial charge is 0.480 e. The van der Waals surface area contributed by atoms with Gasteiger partial charge in [0.05, 0.1) is 6.54 Å². The zero-order valence-electron chi connectivity index (χ0n) is 17.3. The van der Waals surface area contributed by atoms with Crippen LogP contribution in [0.15, 0.2) is 0 Å². The van der Waals surface area contributed by atoms with Gasteiger partial charge in [-0.2, -0.15) is 0 Å². The lowest BCUT2D eigenvalue weighted by atomic mass is 9.44. The molecule has 0 bridgehead atoms. The van der Waals surface area contributed by atoms with Gasteiger partial charge in [-0.1, -0.05) is 13.8 Å². The normalized spacial score (nSPS) is 49.0. The Morgan fingerprint density at radius 1 is 0.963 bits per heavy atom. The maximum atomic E-state index is 12.3. The van der Waals surface area contributed by atoms with Crippen molar-refractivity contribution in [2.24, 2.45) is 40.4 Å². The van der Waals surface area contributed by atoms with Crippen molar-refractivity contribution >= 4 is 11.8 Å². The highest BCUT2D eigenvalue weighted by atomic mass is 16.4. The molecular weight excluding hydrogens is 338 g/mol. The first-order chi connectivity index (χ1) is 12.8. The van der Waals surface area contributed by atoms with E-state index in [1.54, 1.807) is 0 Å². The molecule has 0 spiro atoms. The average Bonchev–Trinajstić information content (AvgIpc) is 2.97. The third kappa shape index (κ3) is 3.07. The number of carboxylic acids is 1. The Kier molecular flexibility index (Phi) is 4.93. The average molecular weight is 376 g/mol. The maximum absolute atomic E-state index is 12.3. The summed E-state index contributed by atoms with van der Waals surface area (Å²) in [7, 11) is 0. The molecule has 4 aliphatic rings. The Labute approximate surface area is 163 Å². The van der Waals surface area contributed by atoms with Crippen LogP contribution in [0.3, 0.4) is 0 Å². The van der Waals surface area contributed by atoms with Crippen molar-refractivity contribution < 1.29 is 14.7 Å². The minimum atomic E-state index is -0.750. The fraction of sp³-hybridized carbons (Fsp3) is 0.913. The van der Waals surface area contributed by atoms with Crippen LogP contribution in [0.1, 0.15) is 78.6 Å². The van der Waals surface area contributed by atoms with Gasteiger partial charge in [0.15, 0.2) is 0 Å². The van der Waals surface area contributed by atoms with Crippen molar-refractivity contribution in [1.29, 1.82) is 0 Å². The van der Waals surface area contributed by atoms with Gasteiger partial charge in [-0.25, -0.2) is 0 Å². The van der Waals surface area contributed by atoms with Crippen LogP contribution in [0.4, 0.5) is 0 Å². The summed E-state index contributed by atoms with van der Waals surface area (Å²) >= 11 is 0. The van der Waals surface area contributed by atoms with E-state index in [1.807, 2.05) is 6.92 Å².